The Bertz CT molecular complexity index is 1130. The van der Waals surface area contributed by atoms with E-state index in [0.717, 1.165) is 12.8 Å². The first-order valence-corrected chi connectivity index (χ1v) is 10.8. The molecule has 0 spiro atoms. The molecule has 11 nitrogen and oxygen atoms in total. The predicted molar refractivity (Wildman–Crippen MR) is 115 cm³/mol. The number of hydrogen-bond donors (Lipinski definition) is 2. The molecule has 2 N–H and O–H groups in total. The summed E-state index contributed by atoms with van der Waals surface area (Å²) in [6.45, 7) is 2.57. The number of aliphatic carboxylic acids is 1. The van der Waals surface area contributed by atoms with Crippen molar-refractivity contribution >= 4 is 29.0 Å². The first-order valence-electron chi connectivity index (χ1n) is 10.8. The number of amides is 1. The molecule has 1 saturated carbocycles. The zero-order valence-corrected chi connectivity index (χ0v) is 17.6. The number of aromatic nitrogens is 5. The van der Waals surface area contributed by atoms with Gasteiger partial charge in [-0.2, -0.15) is 10.2 Å². The highest BCUT2D eigenvalue weighted by Crippen LogP contribution is 2.35. The fourth-order valence-corrected chi connectivity index (χ4v) is 4.43. The summed E-state index contributed by atoms with van der Waals surface area (Å²) in [4.78, 5) is 30.7. The zero-order valence-electron chi connectivity index (χ0n) is 17.6. The van der Waals surface area contributed by atoms with Gasteiger partial charge in [0.1, 0.15) is 11.3 Å². The molecule has 11 heteroatoms. The van der Waals surface area contributed by atoms with Gasteiger partial charge in [-0.15, -0.1) is 0 Å². The van der Waals surface area contributed by atoms with Crippen LogP contribution in [0.25, 0.3) is 5.65 Å². The Hall–Kier alpha value is -3.47. The lowest BCUT2D eigenvalue weighted by Crippen LogP contribution is -2.37. The molecule has 32 heavy (non-hydrogen) atoms. The van der Waals surface area contributed by atoms with Gasteiger partial charge in [0.05, 0.1) is 37.6 Å². The number of morpholine rings is 1. The third-order valence-electron chi connectivity index (χ3n) is 6.22. The van der Waals surface area contributed by atoms with E-state index < -0.39 is 5.97 Å². The second-order valence-corrected chi connectivity index (χ2v) is 8.19. The van der Waals surface area contributed by atoms with E-state index >= 15 is 0 Å². The number of anilines is 2. The van der Waals surface area contributed by atoms with Crippen LogP contribution in [0.4, 0.5) is 11.5 Å². The van der Waals surface area contributed by atoms with Crippen molar-refractivity contribution in [2.75, 3.05) is 36.5 Å². The fraction of sp³-hybridized carbons (Fsp3) is 0.476. The number of fused-ring (bicyclic) bond motifs is 1. The molecular weight excluding hydrogens is 414 g/mol. The van der Waals surface area contributed by atoms with Crippen molar-refractivity contribution in [3.05, 3.63) is 36.4 Å². The number of nitrogens with one attached hydrogen (secondary N) is 1. The summed E-state index contributed by atoms with van der Waals surface area (Å²) in [6.07, 6.45) is 9.46. The molecule has 1 saturated heterocycles. The smallest absolute Gasteiger partial charge is 0.306 e. The highest BCUT2D eigenvalue weighted by Gasteiger charge is 2.29. The minimum absolute atomic E-state index is 0.106. The lowest BCUT2D eigenvalue weighted by atomic mass is 9.86. The van der Waals surface area contributed by atoms with Gasteiger partial charge in [0.25, 0.3) is 5.91 Å². The van der Waals surface area contributed by atoms with E-state index in [1.165, 1.54) is 6.20 Å². The lowest BCUT2D eigenvalue weighted by Gasteiger charge is -2.28. The van der Waals surface area contributed by atoms with Crippen LogP contribution in [0.2, 0.25) is 0 Å². The van der Waals surface area contributed by atoms with Crippen molar-refractivity contribution in [2.45, 2.75) is 31.7 Å². The maximum absolute atomic E-state index is 13.1. The Morgan fingerprint density at radius 1 is 1.16 bits per heavy atom. The lowest BCUT2D eigenvalue weighted by molar-refractivity contribution is -0.143. The maximum Gasteiger partial charge on any atom is 0.306 e. The summed E-state index contributed by atoms with van der Waals surface area (Å²) < 4.78 is 8.91. The van der Waals surface area contributed by atoms with E-state index in [4.69, 9.17) is 9.84 Å². The van der Waals surface area contributed by atoms with Crippen LogP contribution < -0.4 is 10.2 Å². The molecule has 1 aliphatic heterocycles. The monoisotopic (exact) mass is 439 g/mol. The molecule has 1 aliphatic carbocycles. The molecule has 0 atom stereocenters. The van der Waals surface area contributed by atoms with Gasteiger partial charge < -0.3 is 20.1 Å². The molecule has 3 aromatic rings. The highest BCUT2D eigenvalue weighted by molar-refractivity contribution is 6.09. The average molecular weight is 439 g/mol. The SMILES string of the molecule is O=C(Nc1cn(C2CCC(C(=O)O)CC2)nc1N1CCOCC1)c1cnn2cccnc12. The van der Waals surface area contributed by atoms with Crippen LogP contribution >= 0.6 is 0 Å². The van der Waals surface area contributed by atoms with Gasteiger partial charge in [0, 0.05) is 25.5 Å². The van der Waals surface area contributed by atoms with Crippen LogP contribution in [0.15, 0.2) is 30.9 Å². The van der Waals surface area contributed by atoms with E-state index in [1.807, 2.05) is 10.9 Å². The molecule has 2 aliphatic rings. The second-order valence-electron chi connectivity index (χ2n) is 8.19. The van der Waals surface area contributed by atoms with Crippen LogP contribution in [-0.2, 0) is 9.53 Å². The summed E-state index contributed by atoms with van der Waals surface area (Å²) in [5.41, 5.74) is 1.48. The molecule has 0 radical (unpaired) electrons. The van der Waals surface area contributed by atoms with E-state index in [9.17, 15) is 14.7 Å². The van der Waals surface area contributed by atoms with E-state index in [0.29, 0.717) is 61.9 Å². The van der Waals surface area contributed by atoms with Crippen molar-refractivity contribution in [3.8, 4) is 0 Å². The van der Waals surface area contributed by atoms with Gasteiger partial charge in [0.15, 0.2) is 11.5 Å². The van der Waals surface area contributed by atoms with Crippen LogP contribution in [0, 0.1) is 5.92 Å². The molecule has 0 unspecified atom stereocenters. The Morgan fingerprint density at radius 3 is 2.69 bits per heavy atom. The number of carbonyl (C=O) groups is 2. The molecule has 168 valence electrons. The molecule has 5 rings (SSSR count). The quantitative estimate of drug-likeness (QED) is 0.616. The van der Waals surface area contributed by atoms with Crippen LogP contribution in [0.5, 0.6) is 0 Å². The minimum Gasteiger partial charge on any atom is -0.481 e. The summed E-state index contributed by atoms with van der Waals surface area (Å²) in [7, 11) is 0. The molecule has 0 aromatic carbocycles. The maximum atomic E-state index is 13.1. The third-order valence-corrected chi connectivity index (χ3v) is 6.22. The molecule has 0 bridgehead atoms. The summed E-state index contributed by atoms with van der Waals surface area (Å²) in [5.74, 6) is -0.621. The number of carbonyl (C=O) groups excluding carboxylic acids is 1. The Morgan fingerprint density at radius 2 is 1.94 bits per heavy atom. The minimum atomic E-state index is -0.729. The van der Waals surface area contributed by atoms with Gasteiger partial charge in [-0.25, -0.2) is 9.50 Å². The van der Waals surface area contributed by atoms with Crippen molar-refractivity contribution in [3.63, 3.8) is 0 Å². The Kier molecular flexibility index (Phi) is 5.48. The van der Waals surface area contributed by atoms with Crippen LogP contribution in [0.1, 0.15) is 42.1 Å². The molecule has 3 aromatic heterocycles. The van der Waals surface area contributed by atoms with E-state index in [-0.39, 0.29) is 17.9 Å². The summed E-state index contributed by atoms with van der Waals surface area (Å²) in [6, 6.07) is 1.86. The summed E-state index contributed by atoms with van der Waals surface area (Å²) >= 11 is 0. The zero-order chi connectivity index (χ0) is 22.1. The second kappa shape index (κ2) is 8.58. The topological polar surface area (TPSA) is 127 Å². The molecular formula is C21H25N7O4. The standard InChI is InChI=1S/C21H25N7O4/c29-20(16-12-23-27-7-1-6-22-18(16)27)24-17-13-28(15-4-2-14(3-5-15)21(30)31)25-19(17)26-8-10-32-11-9-26/h1,6-7,12-15H,2-5,8-11H2,(H,24,29)(H,30,31). The van der Waals surface area contributed by atoms with Crippen LogP contribution in [0.3, 0.4) is 0 Å². The summed E-state index contributed by atoms with van der Waals surface area (Å²) in [5, 5.41) is 21.3. The first-order chi connectivity index (χ1) is 15.6. The van der Waals surface area contributed by atoms with E-state index in [1.54, 1.807) is 23.0 Å². The van der Waals surface area contributed by atoms with Gasteiger partial charge >= 0.3 is 5.97 Å². The van der Waals surface area contributed by atoms with Gasteiger partial charge in [-0.3, -0.25) is 14.3 Å². The fourth-order valence-electron chi connectivity index (χ4n) is 4.43. The van der Waals surface area contributed by atoms with Crippen LogP contribution in [-0.4, -0.2) is 67.7 Å². The number of ether oxygens (including phenoxy) is 1. The highest BCUT2D eigenvalue weighted by atomic mass is 16.5. The predicted octanol–water partition coefficient (Wildman–Crippen LogP) is 1.83. The van der Waals surface area contributed by atoms with Crippen molar-refractivity contribution < 1.29 is 19.4 Å². The van der Waals surface area contributed by atoms with Crippen molar-refractivity contribution in [1.82, 2.24) is 24.4 Å². The number of carboxylic acids is 1. The number of carboxylic acid groups (broad SMARTS) is 1. The van der Waals surface area contributed by atoms with E-state index in [2.05, 4.69) is 20.3 Å². The third kappa shape index (κ3) is 3.91. The Balaban J connectivity index is 1.41. The normalized spacial score (nSPS) is 21.6. The molecule has 2 fully saturated rings. The van der Waals surface area contributed by atoms with Crippen molar-refractivity contribution in [2.24, 2.45) is 5.92 Å². The average Bonchev–Trinajstić information content (AvgIpc) is 3.44. The van der Waals surface area contributed by atoms with Gasteiger partial charge in [0.2, 0.25) is 0 Å². The van der Waals surface area contributed by atoms with Crippen molar-refractivity contribution in [1.29, 1.82) is 0 Å². The van der Waals surface area contributed by atoms with Gasteiger partial charge in [-0.05, 0) is 31.7 Å². The number of hydrogen-bond acceptors (Lipinski definition) is 7. The first kappa shape index (κ1) is 20.4. The number of nitrogens with zero attached hydrogens (tertiary/aromatic N) is 6. The Labute approximate surface area is 184 Å². The molecule has 4 heterocycles. The molecule has 1 amide bonds. The largest absolute Gasteiger partial charge is 0.481 e. The van der Waals surface area contributed by atoms with Gasteiger partial charge in [-0.1, -0.05) is 0 Å². The number of rotatable bonds is 5.